The molecule has 1 aromatic rings. The second-order valence-electron chi connectivity index (χ2n) is 3.68. The molecule has 0 aliphatic heterocycles. The lowest BCUT2D eigenvalue weighted by Crippen LogP contribution is -2.16. The van der Waals surface area contributed by atoms with Crippen molar-refractivity contribution in [1.82, 2.24) is 0 Å². The van der Waals surface area contributed by atoms with E-state index >= 15 is 0 Å². The molecule has 0 amide bonds. The van der Waals surface area contributed by atoms with Crippen LogP contribution in [-0.2, 0) is 19.4 Å². The van der Waals surface area contributed by atoms with Gasteiger partial charge < -0.3 is 9.84 Å². The molecule has 104 valence electrons. The van der Waals surface area contributed by atoms with Gasteiger partial charge in [-0.1, -0.05) is 12.1 Å². The van der Waals surface area contributed by atoms with Crippen molar-refractivity contribution in [2.45, 2.75) is 18.2 Å². The maximum atomic E-state index is 12.0. The zero-order valence-electron chi connectivity index (χ0n) is 10.3. The minimum atomic E-state index is -3.83. The van der Waals surface area contributed by atoms with Gasteiger partial charge in [0.1, 0.15) is 0 Å². The molecule has 0 spiro atoms. The Morgan fingerprint density at radius 3 is 2.47 bits per heavy atom. The van der Waals surface area contributed by atoms with Crippen LogP contribution >= 0.6 is 0 Å². The fraction of sp³-hybridized carbons (Fsp3) is 0.333. The van der Waals surface area contributed by atoms with Crippen LogP contribution < -0.4 is 0 Å². The maximum Gasteiger partial charge on any atom is 0.337 e. The zero-order valence-corrected chi connectivity index (χ0v) is 11.1. The quantitative estimate of drug-likeness (QED) is 0.787. The largest absolute Gasteiger partial charge is 0.478 e. The minimum absolute atomic E-state index is 0.171. The molecule has 0 atom stereocenters. The molecule has 7 heteroatoms. The number of carboxylic acids is 1. The fourth-order valence-corrected chi connectivity index (χ4v) is 2.91. The van der Waals surface area contributed by atoms with Gasteiger partial charge in [0, 0.05) is 0 Å². The Labute approximate surface area is 110 Å². The number of rotatable bonds is 6. The number of benzene rings is 1. The Hall–Kier alpha value is -1.89. The number of hydrogen-bond donors (Lipinski definition) is 1. The Morgan fingerprint density at radius 1 is 1.26 bits per heavy atom. The van der Waals surface area contributed by atoms with Crippen LogP contribution in [-0.4, -0.2) is 37.8 Å². The van der Waals surface area contributed by atoms with Crippen molar-refractivity contribution in [2.24, 2.45) is 0 Å². The predicted molar refractivity (Wildman–Crippen MR) is 66.7 cm³/mol. The van der Waals surface area contributed by atoms with Crippen LogP contribution in [0.1, 0.15) is 23.7 Å². The van der Waals surface area contributed by atoms with Gasteiger partial charge >= 0.3 is 11.9 Å². The lowest BCUT2D eigenvalue weighted by molar-refractivity contribution is -0.142. The highest BCUT2D eigenvalue weighted by atomic mass is 32.2. The van der Waals surface area contributed by atoms with Crippen LogP contribution in [0.2, 0.25) is 0 Å². The molecular formula is C12H14O6S. The van der Waals surface area contributed by atoms with E-state index in [-0.39, 0.29) is 23.5 Å². The first-order chi connectivity index (χ1) is 8.88. The summed E-state index contributed by atoms with van der Waals surface area (Å²) in [6.07, 6.45) is -0.301. The van der Waals surface area contributed by atoms with Gasteiger partial charge in [-0.3, -0.25) is 4.79 Å². The molecule has 0 aromatic heterocycles. The van der Waals surface area contributed by atoms with E-state index in [2.05, 4.69) is 4.74 Å². The smallest absolute Gasteiger partial charge is 0.337 e. The maximum absolute atomic E-state index is 12.0. The highest BCUT2D eigenvalue weighted by Gasteiger charge is 2.22. The van der Waals surface area contributed by atoms with Gasteiger partial charge in [0.05, 0.1) is 29.2 Å². The normalized spacial score (nSPS) is 11.0. The van der Waals surface area contributed by atoms with E-state index in [1.54, 1.807) is 6.92 Å². The van der Waals surface area contributed by atoms with Crippen LogP contribution in [0.5, 0.6) is 0 Å². The van der Waals surface area contributed by atoms with Crippen LogP contribution in [0.4, 0.5) is 0 Å². The molecule has 1 N–H and O–H groups in total. The van der Waals surface area contributed by atoms with Crippen molar-refractivity contribution < 1.29 is 27.9 Å². The van der Waals surface area contributed by atoms with Gasteiger partial charge in [-0.05, 0) is 19.1 Å². The second-order valence-corrected chi connectivity index (χ2v) is 5.75. The molecule has 0 unspecified atom stereocenters. The molecule has 19 heavy (non-hydrogen) atoms. The van der Waals surface area contributed by atoms with E-state index in [9.17, 15) is 18.0 Å². The average Bonchev–Trinajstić information content (AvgIpc) is 2.37. The number of sulfone groups is 1. The second kappa shape index (κ2) is 6.33. The van der Waals surface area contributed by atoms with E-state index in [0.717, 1.165) is 0 Å². The summed E-state index contributed by atoms with van der Waals surface area (Å²) in [6, 6.07) is 5.29. The van der Waals surface area contributed by atoms with Crippen molar-refractivity contribution in [1.29, 1.82) is 0 Å². The van der Waals surface area contributed by atoms with E-state index in [1.807, 2.05) is 0 Å². The summed E-state index contributed by atoms with van der Waals surface area (Å²) in [4.78, 5) is 21.8. The van der Waals surface area contributed by atoms with Crippen LogP contribution in [0, 0.1) is 0 Å². The Bertz CT molecular complexity index is 576. The van der Waals surface area contributed by atoms with Crippen molar-refractivity contribution in [3.05, 3.63) is 29.8 Å². The zero-order chi connectivity index (χ0) is 14.5. The highest BCUT2D eigenvalue weighted by molar-refractivity contribution is 7.91. The van der Waals surface area contributed by atoms with Gasteiger partial charge in [-0.2, -0.15) is 0 Å². The summed E-state index contributed by atoms with van der Waals surface area (Å²) in [5, 5.41) is 8.93. The molecule has 6 nitrogen and oxygen atoms in total. The third kappa shape index (κ3) is 4.06. The minimum Gasteiger partial charge on any atom is -0.478 e. The average molecular weight is 286 g/mol. The van der Waals surface area contributed by atoms with Crippen molar-refractivity contribution in [3.8, 4) is 0 Å². The van der Waals surface area contributed by atoms with Crippen LogP contribution in [0.25, 0.3) is 0 Å². The van der Waals surface area contributed by atoms with Crippen LogP contribution in [0.3, 0.4) is 0 Å². The van der Waals surface area contributed by atoms with E-state index in [4.69, 9.17) is 5.11 Å². The Morgan fingerprint density at radius 2 is 1.89 bits per heavy atom. The number of carboxylic acid groups (broad SMARTS) is 1. The number of esters is 1. The fourth-order valence-electron chi connectivity index (χ4n) is 1.48. The molecule has 0 aliphatic carbocycles. The Kier molecular flexibility index (Phi) is 5.05. The topological polar surface area (TPSA) is 97.7 Å². The summed E-state index contributed by atoms with van der Waals surface area (Å²) >= 11 is 0. The number of carbonyl (C=O) groups excluding carboxylic acids is 1. The molecule has 0 heterocycles. The molecule has 0 fully saturated rings. The molecule has 0 bridgehead atoms. The Balaban J connectivity index is 2.95. The molecular weight excluding hydrogens is 272 g/mol. The monoisotopic (exact) mass is 286 g/mol. The molecule has 1 aromatic carbocycles. The summed E-state index contributed by atoms with van der Waals surface area (Å²) < 4.78 is 28.6. The molecule has 1 rings (SSSR count). The third-order valence-electron chi connectivity index (χ3n) is 2.33. The van der Waals surface area contributed by atoms with E-state index < -0.39 is 27.5 Å². The van der Waals surface area contributed by atoms with Gasteiger partial charge in [0.15, 0.2) is 9.84 Å². The number of carbonyl (C=O) groups is 2. The molecule has 0 aliphatic rings. The number of hydrogen-bond acceptors (Lipinski definition) is 5. The standard InChI is InChI=1S/C12H14O6S/c1-2-18-11(13)7-8-19(16,17)10-6-4-3-5-9(10)12(14)15/h3-6H,2,7-8H2,1H3,(H,14,15). The lowest BCUT2D eigenvalue weighted by atomic mass is 10.2. The number of aromatic carboxylic acids is 1. The highest BCUT2D eigenvalue weighted by Crippen LogP contribution is 2.17. The predicted octanol–water partition coefficient (Wildman–Crippen LogP) is 1.11. The van der Waals surface area contributed by atoms with Gasteiger partial charge in [-0.15, -0.1) is 0 Å². The van der Waals surface area contributed by atoms with E-state index in [0.29, 0.717) is 0 Å². The lowest BCUT2D eigenvalue weighted by Gasteiger charge is -2.07. The molecule has 0 radical (unpaired) electrons. The third-order valence-corrected chi connectivity index (χ3v) is 4.10. The summed E-state index contributed by atoms with van der Waals surface area (Å²) in [6.45, 7) is 1.79. The summed E-state index contributed by atoms with van der Waals surface area (Å²) in [5.74, 6) is -2.43. The van der Waals surface area contributed by atoms with E-state index in [1.165, 1.54) is 24.3 Å². The van der Waals surface area contributed by atoms with Gasteiger partial charge in [-0.25, -0.2) is 13.2 Å². The first-order valence-electron chi connectivity index (χ1n) is 5.59. The van der Waals surface area contributed by atoms with Crippen molar-refractivity contribution in [2.75, 3.05) is 12.4 Å². The first kappa shape index (κ1) is 15.2. The van der Waals surface area contributed by atoms with Gasteiger partial charge in [0.2, 0.25) is 0 Å². The summed E-state index contributed by atoms with van der Waals surface area (Å²) in [5.41, 5.74) is -0.300. The molecule has 0 saturated heterocycles. The SMILES string of the molecule is CCOC(=O)CCS(=O)(=O)c1ccccc1C(=O)O. The first-order valence-corrected chi connectivity index (χ1v) is 7.24. The van der Waals surface area contributed by atoms with Crippen molar-refractivity contribution in [3.63, 3.8) is 0 Å². The number of ether oxygens (including phenoxy) is 1. The summed E-state index contributed by atoms with van der Waals surface area (Å²) in [7, 11) is -3.83. The van der Waals surface area contributed by atoms with Crippen LogP contribution in [0.15, 0.2) is 29.2 Å². The van der Waals surface area contributed by atoms with Gasteiger partial charge in [0.25, 0.3) is 0 Å². The molecule has 0 saturated carbocycles. The van der Waals surface area contributed by atoms with Crippen molar-refractivity contribution >= 4 is 21.8 Å².